The Morgan fingerprint density at radius 3 is 2.67 bits per heavy atom. The highest BCUT2D eigenvalue weighted by molar-refractivity contribution is 14.1. The number of carboxylic acids is 1. The molecule has 0 bridgehead atoms. The molecule has 80 valence electrons. The summed E-state index contributed by atoms with van der Waals surface area (Å²) in [7, 11) is 0. The Hall–Kier alpha value is -1.31. The summed E-state index contributed by atoms with van der Waals surface area (Å²) in [4.78, 5) is 21.6. The van der Waals surface area contributed by atoms with Crippen molar-refractivity contribution in [3.63, 3.8) is 0 Å². The van der Waals surface area contributed by atoms with Crippen LogP contribution in [0, 0.1) is 3.57 Å². The average molecular weight is 321 g/mol. The molecule has 15 heavy (non-hydrogen) atoms. The number of carbonyl (C=O) groups excluding carboxylic acids is 1. The summed E-state index contributed by atoms with van der Waals surface area (Å²) in [5.74, 6) is -1.90. The number of aliphatic carboxylic acids is 1. The first-order chi connectivity index (χ1) is 7.00. The molecule has 3 N–H and O–H groups in total. The van der Waals surface area contributed by atoms with Crippen LogP contribution in [0.25, 0.3) is 0 Å². The fraction of sp³-hybridized carbons (Fsp3) is 0.111. The molecular weight excluding hydrogens is 313 g/mol. The van der Waals surface area contributed by atoms with Crippen molar-refractivity contribution in [2.24, 2.45) is 0 Å². The lowest BCUT2D eigenvalue weighted by Crippen LogP contribution is -2.29. The highest BCUT2D eigenvalue weighted by Crippen LogP contribution is 2.19. The summed E-state index contributed by atoms with van der Waals surface area (Å²) < 4.78 is 0.783. The van der Waals surface area contributed by atoms with Crippen LogP contribution in [0.2, 0.25) is 0 Å². The third kappa shape index (κ3) is 3.39. The van der Waals surface area contributed by atoms with Crippen molar-refractivity contribution in [2.75, 3.05) is 6.54 Å². The SMILES string of the molecule is O=C(O)CNC(=O)c1cc(I)ccc1O. The minimum Gasteiger partial charge on any atom is -0.507 e. The van der Waals surface area contributed by atoms with Gasteiger partial charge in [0.15, 0.2) is 0 Å². The first kappa shape index (κ1) is 11.8. The third-order valence-corrected chi connectivity index (χ3v) is 2.27. The van der Waals surface area contributed by atoms with E-state index in [0.29, 0.717) is 0 Å². The number of benzene rings is 1. The molecule has 0 radical (unpaired) electrons. The number of carbonyl (C=O) groups is 2. The van der Waals surface area contributed by atoms with Crippen molar-refractivity contribution >= 4 is 34.5 Å². The van der Waals surface area contributed by atoms with Crippen LogP contribution < -0.4 is 5.32 Å². The maximum atomic E-state index is 11.4. The van der Waals surface area contributed by atoms with Crippen LogP contribution >= 0.6 is 22.6 Å². The van der Waals surface area contributed by atoms with E-state index in [0.717, 1.165) is 3.57 Å². The number of carboxylic acid groups (broad SMARTS) is 1. The summed E-state index contributed by atoms with van der Waals surface area (Å²) in [6, 6.07) is 4.51. The van der Waals surface area contributed by atoms with Crippen LogP contribution in [0.4, 0.5) is 0 Å². The standard InChI is InChI=1S/C9H8INO4/c10-5-1-2-7(12)6(3-5)9(15)11-4-8(13)14/h1-3,12H,4H2,(H,11,15)(H,13,14). The molecule has 0 aliphatic heterocycles. The molecule has 0 saturated heterocycles. The molecule has 6 heteroatoms. The van der Waals surface area contributed by atoms with Crippen molar-refractivity contribution in [3.8, 4) is 5.75 Å². The number of amides is 1. The number of rotatable bonds is 3. The zero-order chi connectivity index (χ0) is 11.4. The second-order valence-corrected chi connectivity index (χ2v) is 3.98. The van der Waals surface area contributed by atoms with E-state index in [2.05, 4.69) is 5.32 Å². The number of aromatic hydroxyl groups is 1. The number of hydrogen-bond donors (Lipinski definition) is 3. The second kappa shape index (κ2) is 4.96. The summed E-state index contributed by atoms with van der Waals surface area (Å²) in [5.41, 5.74) is 0.0724. The van der Waals surface area contributed by atoms with Gasteiger partial charge in [0.1, 0.15) is 12.3 Å². The van der Waals surface area contributed by atoms with Gasteiger partial charge in [0.25, 0.3) is 5.91 Å². The Labute approximate surface area is 99.2 Å². The predicted molar refractivity (Wildman–Crippen MR) is 60.8 cm³/mol. The van der Waals surface area contributed by atoms with Gasteiger partial charge in [-0.2, -0.15) is 0 Å². The zero-order valence-corrected chi connectivity index (χ0v) is 9.69. The van der Waals surface area contributed by atoms with Crippen LogP contribution in [-0.2, 0) is 4.79 Å². The topological polar surface area (TPSA) is 86.6 Å². The van der Waals surface area contributed by atoms with Gasteiger partial charge in [-0.1, -0.05) is 0 Å². The molecule has 0 aliphatic carbocycles. The molecule has 0 spiro atoms. The van der Waals surface area contributed by atoms with Crippen molar-refractivity contribution < 1.29 is 19.8 Å². The summed E-state index contributed by atoms with van der Waals surface area (Å²) >= 11 is 1.99. The first-order valence-corrected chi connectivity index (χ1v) is 5.07. The van der Waals surface area contributed by atoms with Gasteiger partial charge >= 0.3 is 5.97 Å². The molecule has 0 saturated carbocycles. The van der Waals surface area contributed by atoms with E-state index in [9.17, 15) is 14.7 Å². The van der Waals surface area contributed by atoms with E-state index in [4.69, 9.17) is 5.11 Å². The monoisotopic (exact) mass is 321 g/mol. The van der Waals surface area contributed by atoms with Gasteiger partial charge in [0, 0.05) is 3.57 Å². The van der Waals surface area contributed by atoms with E-state index in [-0.39, 0.29) is 11.3 Å². The second-order valence-electron chi connectivity index (χ2n) is 2.74. The molecule has 0 heterocycles. The largest absolute Gasteiger partial charge is 0.507 e. The minimum absolute atomic E-state index is 0.0724. The van der Waals surface area contributed by atoms with Crippen molar-refractivity contribution in [2.45, 2.75) is 0 Å². The van der Waals surface area contributed by atoms with Gasteiger partial charge in [0.2, 0.25) is 0 Å². The molecular formula is C9H8INO4. The van der Waals surface area contributed by atoms with Crippen LogP contribution in [-0.4, -0.2) is 28.6 Å². The Balaban J connectivity index is 2.81. The summed E-state index contributed by atoms with van der Waals surface area (Å²) in [6.07, 6.45) is 0. The Kier molecular flexibility index (Phi) is 3.89. The molecule has 0 fully saturated rings. The van der Waals surface area contributed by atoms with Crippen molar-refractivity contribution in [1.29, 1.82) is 0 Å². The fourth-order valence-electron chi connectivity index (χ4n) is 0.941. The highest BCUT2D eigenvalue weighted by atomic mass is 127. The molecule has 1 amide bonds. The highest BCUT2D eigenvalue weighted by Gasteiger charge is 2.11. The number of hydrogen-bond acceptors (Lipinski definition) is 3. The van der Waals surface area contributed by atoms with E-state index in [1.54, 1.807) is 6.07 Å². The summed E-state index contributed by atoms with van der Waals surface area (Å²) in [6.45, 7) is -0.469. The van der Waals surface area contributed by atoms with Crippen LogP contribution in [0.3, 0.4) is 0 Å². The van der Waals surface area contributed by atoms with Gasteiger partial charge < -0.3 is 15.5 Å². The Morgan fingerprint density at radius 1 is 1.40 bits per heavy atom. The number of nitrogens with one attached hydrogen (secondary N) is 1. The van der Waals surface area contributed by atoms with Gasteiger partial charge in [-0.25, -0.2) is 0 Å². The van der Waals surface area contributed by atoms with Crippen molar-refractivity contribution in [3.05, 3.63) is 27.3 Å². The smallest absolute Gasteiger partial charge is 0.322 e. The molecule has 0 aromatic heterocycles. The lowest BCUT2D eigenvalue weighted by molar-refractivity contribution is -0.135. The zero-order valence-electron chi connectivity index (χ0n) is 7.53. The number of halogens is 1. The van der Waals surface area contributed by atoms with Gasteiger partial charge in [0.05, 0.1) is 5.56 Å². The fourth-order valence-corrected chi connectivity index (χ4v) is 1.43. The van der Waals surface area contributed by atoms with Crippen LogP contribution in [0.15, 0.2) is 18.2 Å². The normalized spacial score (nSPS) is 9.67. The maximum absolute atomic E-state index is 11.4. The summed E-state index contributed by atoms with van der Waals surface area (Å²) in [5, 5.41) is 19.9. The Bertz CT molecular complexity index is 405. The lowest BCUT2D eigenvalue weighted by atomic mass is 10.2. The van der Waals surface area contributed by atoms with Crippen molar-refractivity contribution in [1.82, 2.24) is 5.32 Å². The number of phenolic OH excluding ortho intramolecular Hbond substituents is 1. The molecule has 1 rings (SSSR count). The maximum Gasteiger partial charge on any atom is 0.322 e. The molecule has 5 nitrogen and oxygen atoms in total. The molecule has 1 aromatic carbocycles. The van der Waals surface area contributed by atoms with Crippen LogP contribution in [0.1, 0.15) is 10.4 Å². The van der Waals surface area contributed by atoms with E-state index in [1.807, 2.05) is 22.6 Å². The van der Waals surface area contributed by atoms with E-state index >= 15 is 0 Å². The molecule has 1 aromatic rings. The van der Waals surface area contributed by atoms with E-state index in [1.165, 1.54) is 12.1 Å². The average Bonchev–Trinajstić information content (AvgIpc) is 2.18. The predicted octanol–water partition coefficient (Wildman–Crippen LogP) is 0.811. The molecule has 0 aliphatic rings. The lowest BCUT2D eigenvalue weighted by Gasteiger charge is -2.04. The van der Waals surface area contributed by atoms with Crippen LogP contribution in [0.5, 0.6) is 5.75 Å². The van der Waals surface area contributed by atoms with Gasteiger partial charge in [-0.15, -0.1) is 0 Å². The van der Waals surface area contributed by atoms with E-state index < -0.39 is 18.4 Å². The molecule has 0 unspecified atom stereocenters. The van der Waals surface area contributed by atoms with Gasteiger partial charge in [-0.3, -0.25) is 9.59 Å². The molecule has 0 atom stereocenters. The first-order valence-electron chi connectivity index (χ1n) is 3.99. The number of phenols is 1. The third-order valence-electron chi connectivity index (χ3n) is 1.60. The van der Waals surface area contributed by atoms with Gasteiger partial charge in [-0.05, 0) is 40.8 Å². The minimum atomic E-state index is -1.13. The Morgan fingerprint density at radius 2 is 2.07 bits per heavy atom. The quantitative estimate of drug-likeness (QED) is 0.719.